The maximum Gasteiger partial charge on any atom is 0.150 e. The van der Waals surface area contributed by atoms with Gasteiger partial charge < -0.3 is 10.1 Å². The van der Waals surface area contributed by atoms with Crippen LogP contribution in [0, 0.1) is 5.92 Å². The molecule has 2 fully saturated rings. The highest BCUT2D eigenvalue weighted by atomic mass is 32.2. The molecule has 0 aromatic heterocycles. The fourth-order valence-corrected chi connectivity index (χ4v) is 4.78. The van der Waals surface area contributed by atoms with Crippen molar-refractivity contribution in [3.05, 3.63) is 0 Å². The van der Waals surface area contributed by atoms with Gasteiger partial charge in [-0.05, 0) is 32.2 Å². The lowest BCUT2D eigenvalue weighted by atomic mass is 10.1. The summed E-state index contributed by atoms with van der Waals surface area (Å²) in [6.45, 7) is 7.89. The molecule has 0 aromatic carbocycles. The van der Waals surface area contributed by atoms with E-state index in [2.05, 4.69) is 17.1 Å². The lowest BCUT2D eigenvalue weighted by Gasteiger charge is -2.29. The number of nitrogens with one attached hydrogen (secondary N) is 1. The second-order valence-electron chi connectivity index (χ2n) is 5.83. The van der Waals surface area contributed by atoms with Crippen molar-refractivity contribution < 1.29 is 13.2 Å². The number of nitrogens with zero attached hydrogens (tertiary/aromatic N) is 1. The molecule has 0 amide bonds. The average molecular weight is 290 g/mol. The van der Waals surface area contributed by atoms with Crippen LogP contribution in [0.1, 0.15) is 19.8 Å². The minimum Gasteiger partial charge on any atom is -0.379 e. The first-order valence-electron chi connectivity index (χ1n) is 7.29. The lowest BCUT2D eigenvalue weighted by Crippen LogP contribution is -2.44. The molecule has 2 saturated heterocycles. The van der Waals surface area contributed by atoms with E-state index < -0.39 is 9.84 Å². The van der Waals surface area contributed by atoms with Crippen molar-refractivity contribution in [2.24, 2.45) is 5.92 Å². The van der Waals surface area contributed by atoms with Gasteiger partial charge in [0.05, 0.1) is 24.7 Å². The third kappa shape index (κ3) is 5.38. The van der Waals surface area contributed by atoms with Crippen molar-refractivity contribution in [3.63, 3.8) is 0 Å². The van der Waals surface area contributed by atoms with Gasteiger partial charge in [-0.15, -0.1) is 0 Å². The summed E-state index contributed by atoms with van der Waals surface area (Å²) < 4.78 is 28.1. The van der Waals surface area contributed by atoms with E-state index in [-0.39, 0.29) is 0 Å². The summed E-state index contributed by atoms with van der Waals surface area (Å²) in [7, 11) is -2.72. The van der Waals surface area contributed by atoms with Crippen LogP contribution >= 0.6 is 0 Å². The van der Waals surface area contributed by atoms with E-state index in [1.54, 1.807) is 0 Å². The molecule has 0 aliphatic carbocycles. The van der Waals surface area contributed by atoms with Gasteiger partial charge in [0.1, 0.15) is 0 Å². The number of morpholine rings is 1. The molecule has 2 unspecified atom stereocenters. The molecular formula is C13H26N2O3S. The van der Waals surface area contributed by atoms with Gasteiger partial charge in [-0.1, -0.05) is 0 Å². The van der Waals surface area contributed by atoms with Crippen molar-refractivity contribution in [2.45, 2.75) is 25.8 Å². The van der Waals surface area contributed by atoms with Gasteiger partial charge in [0.15, 0.2) is 9.84 Å². The molecule has 2 rings (SSSR count). The predicted molar refractivity (Wildman–Crippen MR) is 76.1 cm³/mol. The third-order valence-electron chi connectivity index (χ3n) is 4.01. The largest absolute Gasteiger partial charge is 0.379 e. The van der Waals surface area contributed by atoms with Crippen LogP contribution in [0.4, 0.5) is 0 Å². The molecule has 0 spiro atoms. The summed E-state index contributed by atoms with van der Waals surface area (Å²) in [5, 5.41) is 3.51. The smallest absolute Gasteiger partial charge is 0.150 e. The van der Waals surface area contributed by atoms with Crippen molar-refractivity contribution in [1.29, 1.82) is 0 Å². The molecule has 2 aliphatic heterocycles. The quantitative estimate of drug-likeness (QED) is 0.753. The number of sulfone groups is 1. The van der Waals surface area contributed by atoms with Crippen molar-refractivity contribution in [2.75, 3.05) is 50.9 Å². The van der Waals surface area contributed by atoms with Crippen LogP contribution in [0.3, 0.4) is 0 Å². The predicted octanol–water partition coefficient (Wildman–Crippen LogP) is 0.122. The van der Waals surface area contributed by atoms with Crippen molar-refractivity contribution >= 4 is 9.84 Å². The van der Waals surface area contributed by atoms with E-state index in [9.17, 15) is 8.42 Å². The normalized spacial score (nSPS) is 29.4. The van der Waals surface area contributed by atoms with Crippen molar-refractivity contribution in [3.8, 4) is 0 Å². The molecule has 0 radical (unpaired) electrons. The van der Waals surface area contributed by atoms with E-state index in [0.717, 1.165) is 52.2 Å². The molecule has 0 saturated carbocycles. The molecule has 6 heteroatoms. The van der Waals surface area contributed by atoms with Crippen LogP contribution in [0.2, 0.25) is 0 Å². The van der Waals surface area contributed by atoms with Gasteiger partial charge in [0, 0.05) is 25.7 Å². The molecular weight excluding hydrogens is 264 g/mol. The average Bonchev–Trinajstić information content (AvgIpc) is 2.70. The minimum atomic E-state index is -2.72. The van der Waals surface area contributed by atoms with Gasteiger partial charge in [0.2, 0.25) is 0 Å². The van der Waals surface area contributed by atoms with Crippen molar-refractivity contribution in [1.82, 2.24) is 10.2 Å². The SMILES string of the molecule is CC(CN1CCOCC1)NCCC1CCS(=O)(=O)C1. The molecule has 5 nitrogen and oxygen atoms in total. The van der Waals surface area contributed by atoms with E-state index in [0.29, 0.717) is 23.5 Å². The molecule has 1 N–H and O–H groups in total. The summed E-state index contributed by atoms with van der Waals surface area (Å²) >= 11 is 0. The highest BCUT2D eigenvalue weighted by Gasteiger charge is 2.27. The topological polar surface area (TPSA) is 58.6 Å². The maximum absolute atomic E-state index is 11.4. The molecule has 0 aromatic rings. The summed E-state index contributed by atoms with van der Waals surface area (Å²) in [6, 6.07) is 0.455. The zero-order valence-corrected chi connectivity index (χ0v) is 12.6. The molecule has 2 aliphatic rings. The first kappa shape index (κ1) is 15.2. The Balaban J connectivity index is 1.57. The summed E-state index contributed by atoms with van der Waals surface area (Å²) in [5.41, 5.74) is 0. The van der Waals surface area contributed by atoms with Crippen LogP contribution in [0.5, 0.6) is 0 Å². The van der Waals surface area contributed by atoms with Crippen LogP contribution in [-0.4, -0.2) is 70.3 Å². The van der Waals surface area contributed by atoms with Crippen LogP contribution < -0.4 is 5.32 Å². The molecule has 112 valence electrons. The lowest BCUT2D eigenvalue weighted by molar-refractivity contribution is 0.0344. The Labute approximate surface area is 116 Å². The van der Waals surface area contributed by atoms with Gasteiger partial charge in [0.25, 0.3) is 0 Å². The summed E-state index contributed by atoms with van der Waals surface area (Å²) in [6.07, 6.45) is 1.83. The van der Waals surface area contributed by atoms with E-state index in [1.165, 1.54) is 0 Å². The van der Waals surface area contributed by atoms with E-state index in [1.807, 2.05) is 0 Å². The first-order chi connectivity index (χ1) is 9.05. The Morgan fingerprint density at radius 2 is 2.11 bits per heavy atom. The van der Waals surface area contributed by atoms with Gasteiger partial charge in [-0.3, -0.25) is 4.90 Å². The van der Waals surface area contributed by atoms with E-state index in [4.69, 9.17) is 4.74 Å². The highest BCUT2D eigenvalue weighted by molar-refractivity contribution is 7.91. The zero-order valence-electron chi connectivity index (χ0n) is 11.8. The van der Waals surface area contributed by atoms with Crippen LogP contribution in [-0.2, 0) is 14.6 Å². The number of ether oxygens (including phenoxy) is 1. The van der Waals surface area contributed by atoms with E-state index >= 15 is 0 Å². The Hall–Kier alpha value is -0.170. The monoisotopic (exact) mass is 290 g/mol. The van der Waals surface area contributed by atoms with Gasteiger partial charge >= 0.3 is 0 Å². The minimum absolute atomic E-state index is 0.369. The molecule has 0 bridgehead atoms. The molecule has 19 heavy (non-hydrogen) atoms. The number of rotatable bonds is 6. The Kier molecular flexibility index (Phi) is 5.62. The highest BCUT2D eigenvalue weighted by Crippen LogP contribution is 2.20. The number of hydrogen-bond donors (Lipinski definition) is 1. The second kappa shape index (κ2) is 7.02. The first-order valence-corrected chi connectivity index (χ1v) is 9.11. The van der Waals surface area contributed by atoms with Gasteiger partial charge in [-0.25, -0.2) is 8.42 Å². The standard InChI is InChI=1S/C13H26N2O3S/c1-12(10-15-5-7-18-8-6-15)14-4-2-13-3-9-19(16,17)11-13/h12-14H,2-11H2,1H3. The zero-order chi connectivity index (χ0) is 13.7. The van der Waals surface area contributed by atoms with Crippen LogP contribution in [0.15, 0.2) is 0 Å². The Morgan fingerprint density at radius 1 is 1.37 bits per heavy atom. The molecule has 2 heterocycles. The fraction of sp³-hybridized carbons (Fsp3) is 1.00. The summed E-state index contributed by atoms with van der Waals surface area (Å²) in [4.78, 5) is 2.42. The molecule has 2 atom stereocenters. The van der Waals surface area contributed by atoms with Crippen LogP contribution in [0.25, 0.3) is 0 Å². The number of hydrogen-bond acceptors (Lipinski definition) is 5. The Bertz CT molecular complexity index is 366. The Morgan fingerprint density at radius 3 is 2.74 bits per heavy atom. The maximum atomic E-state index is 11.4. The van der Waals surface area contributed by atoms with Gasteiger partial charge in [-0.2, -0.15) is 0 Å². The second-order valence-corrected chi connectivity index (χ2v) is 8.05. The fourth-order valence-electron chi connectivity index (χ4n) is 2.87. The summed E-state index contributed by atoms with van der Waals surface area (Å²) in [5.74, 6) is 1.15. The third-order valence-corrected chi connectivity index (χ3v) is 5.84.